The molecule has 1 heterocycles. The van der Waals surface area contributed by atoms with Crippen LogP contribution in [0, 0.1) is 4.77 Å². The van der Waals surface area contributed by atoms with E-state index in [-0.39, 0.29) is 11.9 Å². The van der Waals surface area contributed by atoms with Gasteiger partial charge in [-0.3, -0.25) is 10.2 Å². The Kier molecular flexibility index (Phi) is 3.59. The smallest absolute Gasteiger partial charge is 0.283 e. The summed E-state index contributed by atoms with van der Waals surface area (Å²) in [5.74, 6) is 4.79. The highest BCUT2D eigenvalue weighted by Crippen LogP contribution is 2.20. The molecule has 0 saturated heterocycles. The minimum Gasteiger partial charge on any atom is -0.337 e. The number of nitrogens with one attached hydrogen (secondary N) is 2. The van der Waals surface area contributed by atoms with Gasteiger partial charge in [0.2, 0.25) is 0 Å². The fourth-order valence-electron chi connectivity index (χ4n) is 1.89. The van der Waals surface area contributed by atoms with Crippen LogP contribution in [0.2, 0.25) is 0 Å². The number of hydrazine groups is 1. The molecule has 1 aromatic carbocycles. The van der Waals surface area contributed by atoms with E-state index >= 15 is 0 Å². The highest BCUT2D eigenvalue weighted by molar-refractivity contribution is 7.71. The molecular weight excluding hydrogens is 248 g/mol. The van der Waals surface area contributed by atoms with E-state index < -0.39 is 0 Å². The molecule has 1 aromatic heterocycles. The summed E-state index contributed by atoms with van der Waals surface area (Å²) in [6, 6.07) is 9.78. The van der Waals surface area contributed by atoms with E-state index in [0.717, 1.165) is 5.56 Å². The lowest BCUT2D eigenvalue weighted by molar-refractivity contribution is 0.0943. The average molecular weight is 262 g/mol. The monoisotopic (exact) mass is 262 g/mol. The van der Waals surface area contributed by atoms with Crippen molar-refractivity contribution >= 4 is 18.1 Å². The molecule has 5 nitrogen and oxygen atoms in total. The van der Waals surface area contributed by atoms with Crippen molar-refractivity contribution in [2.45, 2.75) is 13.0 Å². The first-order valence-electron chi connectivity index (χ1n) is 5.51. The summed E-state index contributed by atoms with van der Waals surface area (Å²) in [6.45, 7) is 1.98. The molecule has 0 fully saturated rings. The van der Waals surface area contributed by atoms with Gasteiger partial charge in [-0.05, 0) is 24.7 Å². The molecule has 1 atom stereocenters. The van der Waals surface area contributed by atoms with Gasteiger partial charge in [0.25, 0.3) is 5.91 Å². The summed E-state index contributed by atoms with van der Waals surface area (Å²) in [4.78, 5) is 14.5. The Bertz CT molecular complexity index is 602. The van der Waals surface area contributed by atoms with E-state index in [0.29, 0.717) is 10.5 Å². The maximum Gasteiger partial charge on any atom is 0.283 e. The van der Waals surface area contributed by atoms with Crippen LogP contribution >= 0.6 is 12.2 Å². The molecule has 0 aliphatic heterocycles. The van der Waals surface area contributed by atoms with Crippen LogP contribution in [-0.4, -0.2) is 15.5 Å². The van der Waals surface area contributed by atoms with Gasteiger partial charge in [0.05, 0.1) is 6.04 Å². The van der Waals surface area contributed by atoms with Crippen molar-refractivity contribution in [3.8, 4) is 0 Å². The lowest BCUT2D eigenvalue weighted by atomic mass is 10.1. The second kappa shape index (κ2) is 5.16. The number of carbonyl (C=O) groups is 1. The standard InChI is InChI=1S/C12H14N4OS/c1-8(9-5-3-2-4-6-9)16-10(11(17)15-13)7-14-12(16)18/h2-8H,13H2,1H3,(H,14,18)(H,15,17). The molecule has 0 aliphatic carbocycles. The van der Waals surface area contributed by atoms with Gasteiger partial charge in [-0.1, -0.05) is 30.3 Å². The maximum absolute atomic E-state index is 11.7. The highest BCUT2D eigenvalue weighted by Gasteiger charge is 2.17. The fraction of sp³-hybridized carbons (Fsp3) is 0.167. The van der Waals surface area contributed by atoms with Gasteiger partial charge in [0.1, 0.15) is 5.69 Å². The number of imidazole rings is 1. The summed E-state index contributed by atoms with van der Waals surface area (Å²) in [5, 5.41) is 0. The Morgan fingerprint density at radius 1 is 1.44 bits per heavy atom. The first-order chi connectivity index (χ1) is 8.65. The first kappa shape index (κ1) is 12.5. The quantitative estimate of drug-likeness (QED) is 0.341. The Hall–Kier alpha value is -1.92. The maximum atomic E-state index is 11.7. The number of H-pyrrole nitrogens is 1. The number of nitrogens with zero attached hydrogens (tertiary/aromatic N) is 1. The number of aromatic amines is 1. The SMILES string of the molecule is CC(c1ccccc1)n1c(C(=O)NN)c[nH]c1=S. The summed E-state index contributed by atoms with van der Waals surface area (Å²) < 4.78 is 2.23. The third kappa shape index (κ3) is 2.20. The molecule has 0 saturated carbocycles. The van der Waals surface area contributed by atoms with Crippen LogP contribution < -0.4 is 11.3 Å². The van der Waals surface area contributed by atoms with E-state index in [1.165, 1.54) is 0 Å². The van der Waals surface area contributed by atoms with E-state index in [4.69, 9.17) is 18.1 Å². The number of benzene rings is 1. The van der Waals surface area contributed by atoms with Crippen molar-refractivity contribution in [1.29, 1.82) is 0 Å². The lowest BCUT2D eigenvalue weighted by Gasteiger charge is -2.16. The summed E-state index contributed by atoms with van der Waals surface area (Å²) in [6.07, 6.45) is 1.56. The van der Waals surface area contributed by atoms with E-state index in [1.54, 1.807) is 10.8 Å². The molecule has 4 N–H and O–H groups in total. The highest BCUT2D eigenvalue weighted by atomic mass is 32.1. The zero-order valence-electron chi connectivity index (χ0n) is 9.88. The molecule has 0 spiro atoms. The largest absolute Gasteiger partial charge is 0.337 e. The topological polar surface area (TPSA) is 75.8 Å². The van der Waals surface area contributed by atoms with Gasteiger partial charge >= 0.3 is 0 Å². The Morgan fingerprint density at radius 3 is 2.72 bits per heavy atom. The summed E-state index contributed by atoms with van der Waals surface area (Å²) in [7, 11) is 0. The molecule has 18 heavy (non-hydrogen) atoms. The van der Waals surface area contributed by atoms with Crippen molar-refractivity contribution in [1.82, 2.24) is 15.0 Å². The number of nitrogen functional groups attached to an aromatic ring is 1. The third-order valence-corrected chi connectivity index (χ3v) is 3.16. The number of aromatic nitrogens is 2. The number of carbonyl (C=O) groups excluding carboxylic acids is 1. The zero-order valence-corrected chi connectivity index (χ0v) is 10.7. The van der Waals surface area contributed by atoms with Gasteiger partial charge < -0.3 is 9.55 Å². The van der Waals surface area contributed by atoms with E-state index in [9.17, 15) is 4.79 Å². The van der Waals surface area contributed by atoms with Gasteiger partial charge in [-0.2, -0.15) is 0 Å². The Morgan fingerprint density at radius 2 is 2.11 bits per heavy atom. The molecule has 1 unspecified atom stereocenters. The van der Waals surface area contributed by atoms with Crippen LogP contribution in [0.5, 0.6) is 0 Å². The second-order valence-corrected chi connectivity index (χ2v) is 4.30. The van der Waals surface area contributed by atoms with Crippen LogP contribution in [-0.2, 0) is 0 Å². The van der Waals surface area contributed by atoms with E-state index in [2.05, 4.69) is 10.4 Å². The molecule has 6 heteroatoms. The predicted octanol–water partition coefficient (Wildman–Crippen LogP) is 1.76. The number of hydrogen-bond donors (Lipinski definition) is 3. The molecule has 0 bridgehead atoms. The van der Waals surface area contributed by atoms with Crippen LogP contribution in [0.1, 0.15) is 29.0 Å². The van der Waals surface area contributed by atoms with Crippen LogP contribution in [0.25, 0.3) is 0 Å². The van der Waals surface area contributed by atoms with Crippen molar-refractivity contribution in [2.24, 2.45) is 5.84 Å². The summed E-state index contributed by atoms with van der Waals surface area (Å²) in [5.41, 5.74) is 3.60. The molecule has 0 radical (unpaired) electrons. The number of rotatable bonds is 3. The van der Waals surface area contributed by atoms with Crippen molar-refractivity contribution in [3.05, 3.63) is 52.6 Å². The van der Waals surface area contributed by atoms with Crippen LogP contribution in [0.3, 0.4) is 0 Å². The normalized spacial score (nSPS) is 12.1. The van der Waals surface area contributed by atoms with Gasteiger partial charge in [0, 0.05) is 6.20 Å². The lowest BCUT2D eigenvalue weighted by Crippen LogP contribution is -2.32. The van der Waals surface area contributed by atoms with Crippen LogP contribution in [0.15, 0.2) is 36.5 Å². The van der Waals surface area contributed by atoms with Crippen molar-refractivity contribution in [2.75, 3.05) is 0 Å². The molecule has 2 rings (SSSR count). The van der Waals surface area contributed by atoms with E-state index in [1.807, 2.05) is 37.3 Å². The molecule has 0 aliphatic rings. The molecule has 94 valence electrons. The molecular formula is C12H14N4OS. The second-order valence-electron chi connectivity index (χ2n) is 3.91. The zero-order chi connectivity index (χ0) is 13.1. The van der Waals surface area contributed by atoms with Crippen molar-refractivity contribution < 1.29 is 4.79 Å². The van der Waals surface area contributed by atoms with Crippen LogP contribution in [0.4, 0.5) is 0 Å². The number of nitrogens with two attached hydrogens (primary N) is 1. The predicted molar refractivity (Wildman–Crippen MR) is 71.5 cm³/mol. The van der Waals surface area contributed by atoms with Gasteiger partial charge in [0.15, 0.2) is 4.77 Å². The fourth-order valence-corrected chi connectivity index (χ4v) is 2.21. The number of amides is 1. The molecule has 1 amide bonds. The Balaban J connectivity index is 2.48. The average Bonchev–Trinajstić information content (AvgIpc) is 2.80. The minimum absolute atomic E-state index is 0.0442. The Labute approximate surface area is 110 Å². The van der Waals surface area contributed by atoms with Gasteiger partial charge in [-0.25, -0.2) is 5.84 Å². The van der Waals surface area contributed by atoms with Crippen molar-refractivity contribution in [3.63, 3.8) is 0 Å². The van der Waals surface area contributed by atoms with Gasteiger partial charge in [-0.15, -0.1) is 0 Å². The number of hydrogen-bond acceptors (Lipinski definition) is 3. The first-order valence-corrected chi connectivity index (χ1v) is 5.91. The summed E-state index contributed by atoms with van der Waals surface area (Å²) >= 11 is 5.20. The third-order valence-electron chi connectivity index (χ3n) is 2.84. The molecule has 2 aromatic rings. The minimum atomic E-state index is -0.370.